The number of nitrogens with two attached hydrogens (primary N) is 1. The number of nitro groups is 1. The van der Waals surface area contributed by atoms with Crippen LogP contribution in [-0.2, 0) is 0 Å². The summed E-state index contributed by atoms with van der Waals surface area (Å²) in [7, 11) is 0. The molecule has 1 saturated carbocycles. The third-order valence-electron chi connectivity index (χ3n) is 2.48. The van der Waals surface area contributed by atoms with Gasteiger partial charge in [-0.3, -0.25) is 10.1 Å². The molecule has 0 unspecified atom stereocenters. The third kappa shape index (κ3) is 1.80. The third-order valence-corrected chi connectivity index (χ3v) is 2.48. The molecule has 0 saturated heterocycles. The molecule has 7 nitrogen and oxygen atoms in total. The highest BCUT2D eigenvalue weighted by molar-refractivity contribution is 5.67. The number of nitrogens with one attached hydrogen (secondary N) is 1. The van der Waals surface area contributed by atoms with E-state index in [1.54, 1.807) is 0 Å². The summed E-state index contributed by atoms with van der Waals surface area (Å²) in [5.74, 6) is 0.119. The lowest BCUT2D eigenvalue weighted by Crippen LogP contribution is -2.28. The molecular formula is C8H11N5O2. The van der Waals surface area contributed by atoms with Crippen LogP contribution in [-0.4, -0.2) is 20.9 Å². The minimum absolute atomic E-state index is 0.100. The molecule has 0 amide bonds. The molecule has 0 aromatic carbocycles. The standard InChI is InChI=1S/C8H11N5O2/c9-7-6(13(14)15)8(11-4-10-7)12-5-2-1-3-5/h4-5H,1-3H2,(H3,9,10,11,12). The molecule has 1 aromatic heterocycles. The van der Waals surface area contributed by atoms with Crippen LogP contribution in [0.15, 0.2) is 6.33 Å². The van der Waals surface area contributed by atoms with Gasteiger partial charge < -0.3 is 11.1 Å². The zero-order valence-corrected chi connectivity index (χ0v) is 8.01. The Hall–Kier alpha value is -1.92. The molecule has 1 fully saturated rings. The van der Waals surface area contributed by atoms with Gasteiger partial charge in [0.2, 0.25) is 11.6 Å². The van der Waals surface area contributed by atoms with Crippen LogP contribution in [0, 0.1) is 10.1 Å². The van der Waals surface area contributed by atoms with Crippen LogP contribution in [0.25, 0.3) is 0 Å². The first-order chi connectivity index (χ1) is 7.18. The molecule has 0 radical (unpaired) electrons. The smallest absolute Gasteiger partial charge is 0.352 e. The van der Waals surface area contributed by atoms with Gasteiger partial charge >= 0.3 is 5.69 Å². The average Bonchev–Trinajstić information content (AvgIpc) is 2.10. The summed E-state index contributed by atoms with van der Waals surface area (Å²) in [5, 5.41) is 13.7. The van der Waals surface area contributed by atoms with E-state index in [-0.39, 0.29) is 23.4 Å². The van der Waals surface area contributed by atoms with E-state index >= 15 is 0 Å². The first-order valence-corrected chi connectivity index (χ1v) is 4.70. The van der Waals surface area contributed by atoms with Crippen molar-refractivity contribution in [3.05, 3.63) is 16.4 Å². The van der Waals surface area contributed by atoms with Crippen molar-refractivity contribution in [1.29, 1.82) is 0 Å². The largest absolute Gasteiger partial charge is 0.378 e. The summed E-state index contributed by atoms with van der Waals surface area (Å²) in [6.45, 7) is 0. The van der Waals surface area contributed by atoms with Crippen LogP contribution in [0.1, 0.15) is 19.3 Å². The molecule has 7 heteroatoms. The molecule has 0 bridgehead atoms. The molecule has 2 rings (SSSR count). The lowest BCUT2D eigenvalue weighted by molar-refractivity contribution is -0.383. The maximum Gasteiger partial charge on any atom is 0.352 e. The number of nitrogens with zero attached hydrogens (tertiary/aromatic N) is 3. The molecule has 15 heavy (non-hydrogen) atoms. The number of anilines is 2. The van der Waals surface area contributed by atoms with Gasteiger partial charge in [0.25, 0.3) is 0 Å². The van der Waals surface area contributed by atoms with Crippen molar-refractivity contribution in [3.8, 4) is 0 Å². The van der Waals surface area contributed by atoms with Gasteiger partial charge in [-0.2, -0.15) is 0 Å². The van der Waals surface area contributed by atoms with Crippen molar-refractivity contribution < 1.29 is 4.92 Å². The molecule has 0 spiro atoms. The van der Waals surface area contributed by atoms with Gasteiger partial charge in [-0.25, -0.2) is 9.97 Å². The Morgan fingerprint density at radius 2 is 2.27 bits per heavy atom. The highest BCUT2D eigenvalue weighted by atomic mass is 16.6. The van der Waals surface area contributed by atoms with E-state index < -0.39 is 4.92 Å². The van der Waals surface area contributed by atoms with Crippen LogP contribution in [0.5, 0.6) is 0 Å². The summed E-state index contributed by atoms with van der Waals surface area (Å²) >= 11 is 0. The van der Waals surface area contributed by atoms with Gasteiger partial charge in [-0.05, 0) is 19.3 Å². The number of nitrogen functional groups attached to an aromatic ring is 1. The van der Waals surface area contributed by atoms with Gasteiger partial charge in [0.15, 0.2) is 0 Å². The quantitative estimate of drug-likeness (QED) is 0.566. The normalized spacial score (nSPS) is 15.7. The molecule has 3 N–H and O–H groups in total. The van der Waals surface area contributed by atoms with Crippen molar-refractivity contribution >= 4 is 17.3 Å². The van der Waals surface area contributed by atoms with Gasteiger partial charge in [-0.15, -0.1) is 0 Å². The van der Waals surface area contributed by atoms with Crippen LogP contribution >= 0.6 is 0 Å². The van der Waals surface area contributed by atoms with Crippen LogP contribution in [0.2, 0.25) is 0 Å². The molecule has 1 aliphatic carbocycles. The Labute approximate surface area is 85.9 Å². The second kappa shape index (κ2) is 3.68. The molecule has 0 aliphatic heterocycles. The lowest BCUT2D eigenvalue weighted by atomic mass is 9.93. The Morgan fingerprint density at radius 1 is 1.53 bits per heavy atom. The fourth-order valence-electron chi connectivity index (χ4n) is 1.42. The SMILES string of the molecule is Nc1ncnc(NC2CCC2)c1[N+](=O)[O-]. The van der Waals surface area contributed by atoms with E-state index in [0.717, 1.165) is 19.3 Å². The van der Waals surface area contributed by atoms with E-state index in [1.807, 2.05) is 0 Å². The predicted octanol–water partition coefficient (Wildman–Crippen LogP) is 0.931. The molecule has 80 valence electrons. The topological polar surface area (TPSA) is 107 Å². The number of rotatable bonds is 3. The zero-order valence-electron chi connectivity index (χ0n) is 8.01. The highest BCUT2D eigenvalue weighted by Crippen LogP contribution is 2.30. The summed E-state index contributed by atoms with van der Waals surface area (Å²) in [6, 6.07) is 0.276. The van der Waals surface area contributed by atoms with Crippen LogP contribution < -0.4 is 11.1 Å². The van der Waals surface area contributed by atoms with Crippen molar-refractivity contribution in [2.45, 2.75) is 25.3 Å². The highest BCUT2D eigenvalue weighted by Gasteiger charge is 2.25. The lowest BCUT2D eigenvalue weighted by Gasteiger charge is -2.26. The average molecular weight is 209 g/mol. The Morgan fingerprint density at radius 3 is 2.80 bits per heavy atom. The fraction of sp³-hybridized carbons (Fsp3) is 0.500. The summed E-state index contributed by atoms with van der Waals surface area (Å²) in [4.78, 5) is 17.6. The summed E-state index contributed by atoms with van der Waals surface area (Å²) in [5.41, 5.74) is 5.19. The maximum absolute atomic E-state index is 10.7. The minimum atomic E-state index is -0.559. The first kappa shape index (κ1) is 9.63. The van der Waals surface area contributed by atoms with Crippen molar-refractivity contribution in [2.75, 3.05) is 11.1 Å². The second-order valence-electron chi connectivity index (χ2n) is 3.49. The van der Waals surface area contributed by atoms with Gasteiger partial charge in [-0.1, -0.05) is 0 Å². The first-order valence-electron chi connectivity index (χ1n) is 4.70. The fourth-order valence-corrected chi connectivity index (χ4v) is 1.42. The molecular weight excluding hydrogens is 198 g/mol. The Bertz CT molecular complexity index is 391. The van der Waals surface area contributed by atoms with Crippen molar-refractivity contribution in [1.82, 2.24) is 9.97 Å². The zero-order chi connectivity index (χ0) is 10.8. The molecule has 1 aromatic rings. The van der Waals surface area contributed by atoms with E-state index in [9.17, 15) is 10.1 Å². The van der Waals surface area contributed by atoms with Gasteiger partial charge in [0.05, 0.1) is 4.92 Å². The Balaban J connectivity index is 2.27. The van der Waals surface area contributed by atoms with Gasteiger partial charge in [0.1, 0.15) is 6.33 Å². The van der Waals surface area contributed by atoms with Crippen LogP contribution in [0.3, 0.4) is 0 Å². The summed E-state index contributed by atoms with van der Waals surface area (Å²) in [6.07, 6.45) is 4.40. The van der Waals surface area contributed by atoms with E-state index in [2.05, 4.69) is 15.3 Å². The second-order valence-corrected chi connectivity index (χ2v) is 3.49. The van der Waals surface area contributed by atoms with Crippen molar-refractivity contribution in [2.24, 2.45) is 0 Å². The number of hydrogen-bond donors (Lipinski definition) is 2. The monoisotopic (exact) mass is 209 g/mol. The minimum Gasteiger partial charge on any atom is -0.378 e. The maximum atomic E-state index is 10.7. The summed E-state index contributed by atoms with van der Waals surface area (Å²) < 4.78 is 0. The van der Waals surface area contributed by atoms with E-state index in [1.165, 1.54) is 6.33 Å². The van der Waals surface area contributed by atoms with E-state index in [0.29, 0.717) is 0 Å². The van der Waals surface area contributed by atoms with Gasteiger partial charge in [0, 0.05) is 6.04 Å². The molecule has 1 heterocycles. The van der Waals surface area contributed by atoms with E-state index in [4.69, 9.17) is 5.73 Å². The van der Waals surface area contributed by atoms with Crippen molar-refractivity contribution in [3.63, 3.8) is 0 Å². The molecule has 1 aliphatic rings. The number of hydrogen-bond acceptors (Lipinski definition) is 6. The predicted molar refractivity (Wildman–Crippen MR) is 54.4 cm³/mol. The molecule has 0 atom stereocenters. The Kier molecular flexibility index (Phi) is 2.36. The number of aromatic nitrogens is 2. The van der Waals surface area contributed by atoms with Crippen LogP contribution in [0.4, 0.5) is 17.3 Å².